The second-order valence-electron chi connectivity index (χ2n) is 13.6. The van der Waals surface area contributed by atoms with E-state index in [9.17, 15) is 0 Å². The van der Waals surface area contributed by atoms with Gasteiger partial charge in [-0.25, -0.2) is 0 Å². The maximum atomic E-state index is 8.51. The van der Waals surface area contributed by atoms with Crippen molar-refractivity contribution in [2.24, 2.45) is 0 Å². The van der Waals surface area contributed by atoms with Crippen LogP contribution < -0.4 is 0 Å². The summed E-state index contributed by atoms with van der Waals surface area (Å²) in [5.41, 5.74) is 0. The monoisotopic (exact) mass is 723 g/mol. The van der Waals surface area contributed by atoms with Crippen LogP contribution in [0.5, 0.6) is 0 Å². The second kappa shape index (κ2) is 62.1. The number of hydrogen-bond acceptors (Lipinski definition) is 1. The fraction of sp³-hybridized carbons (Fsp3) is 1.00. The number of aliphatic hydroxyl groups is 1. The van der Waals surface area contributed by atoms with E-state index in [1.807, 2.05) is 0 Å². The van der Waals surface area contributed by atoms with E-state index < -0.39 is 0 Å². The third kappa shape index (κ3) is 69.4. The van der Waals surface area contributed by atoms with Gasteiger partial charge in [-0.15, -0.1) is 38.6 Å². The second-order valence-corrected chi connectivity index (χ2v) is 13.6. The van der Waals surface area contributed by atoms with Gasteiger partial charge >= 0.3 is 21.7 Å². The first kappa shape index (κ1) is 57.2. The number of unbranched alkanes of at least 4 members (excludes halogenated alkanes) is 27. The molecule has 0 saturated carbocycles. The van der Waals surface area contributed by atoms with Crippen molar-refractivity contribution >= 4 is 12.4 Å². The van der Waals surface area contributed by atoms with E-state index in [1.54, 1.807) is 0 Å². The first-order valence-corrected chi connectivity index (χ1v) is 21.1. The van der Waals surface area contributed by atoms with Crippen molar-refractivity contribution in [2.45, 2.75) is 240 Å². The zero-order valence-corrected chi connectivity index (χ0v) is 35.8. The van der Waals surface area contributed by atoms with E-state index in [1.165, 1.54) is 199 Å². The Labute approximate surface area is 321 Å². The Morgan fingerprint density at radius 1 is 0.277 bits per heavy atom. The first-order chi connectivity index (χ1) is 22.2. The molecule has 0 aliphatic rings. The first-order valence-electron chi connectivity index (χ1n) is 21.1. The molecule has 0 aromatic rings. The summed E-state index contributed by atoms with van der Waals surface area (Å²) in [7, 11) is 0. The summed E-state index contributed by atoms with van der Waals surface area (Å²) in [6, 6.07) is 0. The van der Waals surface area contributed by atoms with Crippen molar-refractivity contribution in [3.63, 3.8) is 0 Å². The van der Waals surface area contributed by atoms with Crippen LogP contribution in [0.25, 0.3) is 10.6 Å². The molecule has 286 valence electrons. The predicted octanol–water partition coefficient (Wildman–Crippen LogP) is 15.7. The van der Waals surface area contributed by atoms with Crippen LogP contribution in [0.4, 0.5) is 0 Å². The fourth-order valence-electron chi connectivity index (χ4n) is 5.49. The number of nitrogens with zero attached hydrogens (tertiary/aromatic N) is 2. The standard InChI is InChI=1S/2C16H34N.C10H22O.ClH.Ti/c2*1-3-5-7-9-11-13-15-17-16-14-12-10-8-6-4-2;1-2-3-4-5-6-7-8-9-10-11;;/h2*3-16H2,1-2H3;11H,2-10H2,1H3;1H;/q2*-1;;;+2. The molecule has 1 N–H and O–H groups in total. The normalized spacial score (nSPS) is 10.3. The summed E-state index contributed by atoms with van der Waals surface area (Å²) < 4.78 is 0. The van der Waals surface area contributed by atoms with Crippen molar-refractivity contribution < 1.29 is 26.8 Å². The zero-order chi connectivity index (χ0) is 33.6. The van der Waals surface area contributed by atoms with Gasteiger partial charge in [0.25, 0.3) is 0 Å². The molecule has 47 heavy (non-hydrogen) atoms. The van der Waals surface area contributed by atoms with Gasteiger partial charge in [0.2, 0.25) is 0 Å². The summed E-state index contributed by atoms with van der Waals surface area (Å²) in [5.74, 6) is 0. The molecular weight excluding hydrogens is 632 g/mol. The number of rotatable bonds is 36. The number of halogens is 1. The van der Waals surface area contributed by atoms with Crippen molar-refractivity contribution in [3.8, 4) is 0 Å². The Bertz CT molecular complexity index is 379. The van der Waals surface area contributed by atoms with Gasteiger partial charge in [-0.3, -0.25) is 0 Å². The Balaban J connectivity index is -0.000000188. The maximum Gasteiger partial charge on any atom is 2.00 e. The molecule has 3 nitrogen and oxygen atoms in total. The summed E-state index contributed by atoms with van der Waals surface area (Å²) in [6.07, 6.45) is 43.6. The van der Waals surface area contributed by atoms with E-state index in [0.29, 0.717) is 6.61 Å². The van der Waals surface area contributed by atoms with Crippen molar-refractivity contribution in [1.29, 1.82) is 0 Å². The fourth-order valence-corrected chi connectivity index (χ4v) is 5.49. The zero-order valence-electron chi connectivity index (χ0n) is 33.4. The van der Waals surface area contributed by atoms with Gasteiger partial charge in [0.15, 0.2) is 0 Å². The molecule has 0 aliphatic carbocycles. The molecule has 0 saturated heterocycles. The molecule has 0 amide bonds. The summed E-state index contributed by atoms with van der Waals surface area (Å²) >= 11 is 0. The number of hydrogen-bond donors (Lipinski definition) is 1. The smallest absolute Gasteiger partial charge is 0.662 e. The molecule has 0 fully saturated rings. The Morgan fingerprint density at radius 2 is 0.447 bits per heavy atom. The molecule has 0 aromatic heterocycles. The molecule has 0 bridgehead atoms. The van der Waals surface area contributed by atoms with Gasteiger partial charge in [-0.2, -0.15) is 0 Å². The minimum Gasteiger partial charge on any atom is -0.662 e. The third-order valence-electron chi connectivity index (χ3n) is 8.69. The SMILES string of the molecule is CCCCCCCCCCO.CCCCCCCC[N-]CCCCCCCC.CCCCCCCC[N-]CCCCCCCC.Cl.[Ti+2]. The largest absolute Gasteiger partial charge is 2.00 e. The summed E-state index contributed by atoms with van der Waals surface area (Å²) in [4.78, 5) is 0. The molecule has 5 heteroatoms. The molecular formula is C42H91ClN2OTi. The van der Waals surface area contributed by atoms with Crippen LogP contribution in [-0.4, -0.2) is 37.9 Å². The van der Waals surface area contributed by atoms with E-state index in [4.69, 9.17) is 5.11 Å². The van der Waals surface area contributed by atoms with Crippen molar-refractivity contribution in [3.05, 3.63) is 10.6 Å². The molecule has 0 unspecified atom stereocenters. The van der Waals surface area contributed by atoms with Crippen LogP contribution >= 0.6 is 12.4 Å². The van der Waals surface area contributed by atoms with Crippen LogP contribution in [0.2, 0.25) is 0 Å². The Morgan fingerprint density at radius 3 is 0.638 bits per heavy atom. The van der Waals surface area contributed by atoms with E-state index in [0.717, 1.165) is 32.6 Å². The van der Waals surface area contributed by atoms with Gasteiger partial charge < -0.3 is 15.7 Å². The van der Waals surface area contributed by atoms with Crippen molar-refractivity contribution in [1.82, 2.24) is 0 Å². The third-order valence-corrected chi connectivity index (χ3v) is 8.69. The van der Waals surface area contributed by atoms with Crippen LogP contribution in [0.15, 0.2) is 0 Å². The summed E-state index contributed by atoms with van der Waals surface area (Å²) in [6.45, 7) is 16.2. The van der Waals surface area contributed by atoms with Gasteiger partial charge in [0, 0.05) is 6.61 Å². The van der Waals surface area contributed by atoms with Crippen LogP contribution in [-0.2, 0) is 21.7 Å². The average molecular weight is 724 g/mol. The van der Waals surface area contributed by atoms with Crippen molar-refractivity contribution in [2.75, 3.05) is 32.8 Å². The molecule has 0 aromatic carbocycles. The molecule has 0 radical (unpaired) electrons. The topological polar surface area (TPSA) is 48.4 Å². The Hall–Kier alpha value is 0.884. The predicted molar refractivity (Wildman–Crippen MR) is 217 cm³/mol. The summed E-state index contributed by atoms with van der Waals surface area (Å²) in [5, 5.41) is 17.7. The van der Waals surface area contributed by atoms with Gasteiger partial charge in [0.05, 0.1) is 0 Å². The average Bonchev–Trinajstić information content (AvgIpc) is 3.06. The van der Waals surface area contributed by atoms with Crippen LogP contribution in [0.1, 0.15) is 240 Å². The molecule has 0 atom stereocenters. The van der Waals surface area contributed by atoms with Gasteiger partial charge in [-0.1, -0.05) is 234 Å². The minimum absolute atomic E-state index is 0. The van der Waals surface area contributed by atoms with Crippen LogP contribution in [0, 0.1) is 0 Å². The molecule has 0 rings (SSSR count). The van der Waals surface area contributed by atoms with Gasteiger partial charge in [0.1, 0.15) is 0 Å². The number of aliphatic hydroxyl groups excluding tert-OH is 1. The van der Waals surface area contributed by atoms with Gasteiger partial charge in [-0.05, 0) is 6.42 Å². The maximum absolute atomic E-state index is 8.51. The minimum atomic E-state index is 0. The van der Waals surface area contributed by atoms with E-state index in [-0.39, 0.29) is 34.1 Å². The van der Waals surface area contributed by atoms with E-state index in [2.05, 4.69) is 45.3 Å². The molecule has 0 aliphatic heterocycles. The van der Waals surface area contributed by atoms with E-state index >= 15 is 0 Å². The molecule has 0 heterocycles. The van der Waals surface area contributed by atoms with Crippen LogP contribution in [0.3, 0.4) is 0 Å². The quantitative estimate of drug-likeness (QED) is 0.0508. The Kier molecular flexibility index (Phi) is 75.6. The molecule has 0 spiro atoms.